The maximum absolute atomic E-state index is 12.3. The van der Waals surface area contributed by atoms with Crippen LogP contribution in [0.25, 0.3) is 0 Å². The van der Waals surface area contributed by atoms with E-state index in [0.717, 1.165) is 5.56 Å². The molecular formula is C13H16O4S. The number of hydrogen-bond acceptors (Lipinski definition) is 3. The molecule has 1 aliphatic rings. The van der Waals surface area contributed by atoms with Crippen LogP contribution in [0.15, 0.2) is 29.2 Å². The number of sulfone groups is 1. The van der Waals surface area contributed by atoms with Gasteiger partial charge in [0.15, 0.2) is 14.6 Å². The van der Waals surface area contributed by atoms with Crippen molar-refractivity contribution in [2.45, 2.75) is 42.2 Å². The third-order valence-corrected chi connectivity index (χ3v) is 5.97. The van der Waals surface area contributed by atoms with Crippen molar-refractivity contribution in [3.8, 4) is 0 Å². The van der Waals surface area contributed by atoms with Gasteiger partial charge in [0.1, 0.15) is 0 Å². The lowest BCUT2D eigenvalue weighted by Crippen LogP contribution is -2.32. The summed E-state index contributed by atoms with van der Waals surface area (Å²) in [5.74, 6) is -0.924. The van der Waals surface area contributed by atoms with Gasteiger partial charge < -0.3 is 5.11 Å². The number of hydrogen-bond donors (Lipinski definition) is 1. The van der Waals surface area contributed by atoms with E-state index < -0.39 is 20.6 Å². The highest BCUT2D eigenvalue weighted by molar-refractivity contribution is 7.94. The van der Waals surface area contributed by atoms with Crippen LogP contribution in [0.3, 0.4) is 0 Å². The molecule has 1 aliphatic carbocycles. The number of carboxylic acids is 1. The van der Waals surface area contributed by atoms with Crippen LogP contribution in [-0.4, -0.2) is 24.2 Å². The van der Waals surface area contributed by atoms with Crippen molar-refractivity contribution in [3.63, 3.8) is 0 Å². The first-order valence-corrected chi connectivity index (χ1v) is 7.37. The molecule has 0 saturated heterocycles. The Bertz CT molecular complexity index is 566. The molecule has 18 heavy (non-hydrogen) atoms. The third-order valence-electron chi connectivity index (χ3n) is 3.47. The zero-order valence-corrected chi connectivity index (χ0v) is 11.2. The Morgan fingerprint density at radius 3 is 2.06 bits per heavy atom. The maximum Gasteiger partial charge on any atom is 0.325 e. The van der Waals surface area contributed by atoms with E-state index in [1.165, 1.54) is 12.1 Å². The average Bonchev–Trinajstić information content (AvgIpc) is 3.10. The van der Waals surface area contributed by atoms with Gasteiger partial charge in [0.25, 0.3) is 0 Å². The summed E-state index contributed by atoms with van der Waals surface area (Å²) < 4.78 is 22.9. The number of rotatable bonds is 4. The molecular weight excluding hydrogens is 252 g/mol. The maximum atomic E-state index is 12.3. The summed E-state index contributed by atoms with van der Waals surface area (Å²) in [7, 11) is -3.77. The highest BCUT2D eigenvalue weighted by Gasteiger charge is 2.61. The molecule has 1 aromatic carbocycles. The lowest BCUT2D eigenvalue weighted by molar-refractivity contribution is -0.137. The van der Waals surface area contributed by atoms with E-state index in [4.69, 9.17) is 5.11 Å². The van der Waals surface area contributed by atoms with Crippen molar-refractivity contribution in [2.75, 3.05) is 0 Å². The summed E-state index contributed by atoms with van der Waals surface area (Å²) in [6.07, 6.45) is 0.410. The van der Waals surface area contributed by atoms with Gasteiger partial charge in [0, 0.05) is 0 Å². The summed E-state index contributed by atoms with van der Waals surface area (Å²) in [5.41, 5.74) is 1.04. The first-order valence-electron chi connectivity index (χ1n) is 5.89. The van der Waals surface area contributed by atoms with E-state index >= 15 is 0 Å². The number of carboxylic acid groups (broad SMARTS) is 1. The summed E-state index contributed by atoms with van der Waals surface area (Å²) >= 11 is 0. The van der Waals surface area contributed by atoms with Gasteiger partial charge in [-0.05, 0) is 36.5 Å². The van der Waals surface area contributed by atoms with Crippen LogP contribution < -0.4 is 0 Å². The average molecular weight is 268 g/mol. The largest absolute Gasteiger partial charge is 0.480 e. The fourth-order valence-electron chi connectivity index (χ4n) is 1.97. The molecule has 98 valence electrons. The minimum atomic E-state index is -3.77. The van der Waals surface area contributed by atoms with Crippen LogP contribution in [0, 0.1) is 0 Å². The van der Waals surface area contributed by atoms with Gasteiger partial charge in [-0.2, -0.15) is 0 Å². The zero-order chi connectivity index (χ0) is 13.6. The second kappa shape index (κ2) is 4.09. The molecule has 0 aromatic heterocycles. The third kappa shape index (κ3) is 1.82. The van der Waals surface area contributed by atoms with Crippen LogP contribution in [0.4, 0.5) is 0 Å². The summed E-state index contributed by atoms with van der Waals surface area (Å²) in [6.45, 7) is 4.03. The number of carbonyl (C=O) groups is 1. The second-order valence-corrected chi connectivity index (χ2v) is 7.29. The molecule has 1 saturated carbocycles. The van der Waals surface area contributed by atoms with E-state index in [-0.39, 0.29) is 17.7 Å². The van der Waals surface area contributed by atoms with Gasteiger partial charge in [-0.15, -0.1) is 0 Å². The van der Waals surface area contributed by atoms with E-state index in [0.29, 0.717) is 5.92 Å². The van der Waals surface area contributed by atoms with Gasteiger partial charge in [0.2, 0.25) is 0 Å². The smallest absolute Gasteiger partial charge is 0.325 e. The highest BCUT2D eigenvalue weighted by atomic mass is 32.2. The van der Waals surface area contributed by atoms with E-state index in [1.54, 1.807) is 12.1 Å². The molecule has 0 unspecified atom stereocenters. The summed E-state index contributed by atoms with van der Waals surface area (Å²) in [5, 5.41) is 9.06. The van der Waals surface area contributed by atoms with Gasteiger partial charge >= 0.3 is 5.97 Å². The Labute approximate surface area is 107 Å². The van der Waals surface area contributed by atoms with Crippen LogP contribution in [0.5, 0.6) is 0 Å². The summed E-state index contributed by atoms with van der Waals surface area (Å²) in [4.78, 5) is 11.2. The van der Waals surface area contributed by atoms with Gasteiger partial charge in [-0.25, -0.2) is 8.42 Å². The van der Waals surface area contributed by atoms with Crippen molar-refractivity contribution in [3.05, 3.63) is 29.8 Å². The Hall–Kier alpha value is -1.36. The second-order valence-electron chi connectivity index (χ2n) is 5.03. The van der Waals surface area contributed by atoms with Crippen LogP contribution in [-0.2, 0) is 14.6 Å². The van der Waals surface area contributed by atoms with E-state index in [1.807, 2.05) is 13.8 Å². The molecule has 0 radical (unpaired) electrons. The lowest BCUT2D eigenvalue weighted by Gasteiger charge is -2.12. The van der Waals surface area contributed by atoms with Crippen molar-refractivity contribution in [2.24, 2.45) is 0 Å². The summed E-state index contributed by atoms with van der Waals surface area (Å²) in [6, 6.07) is 6.51. The van der Waals surface area contributed by atoms with Gasteiger partial charge in [-0.3, -0.25) is 4.79 Å². The monoisotopic (exact) mass is 268 g/mol. The van der Waals surface area contributed by atoms with Crippen molar-refractivity contribution < 1.29 is 18.3 Å². The molecule has 0 bridgehead atoms. The normalized spacial score (nSPS) is 17.7. The van der Waals surface area contributed by atoms with Gasteiger partial charge in [-0.1, -0.05) is 26.0 Å². The fourth-order valence-corrected chi connectivity index (χ4v) is 3.78. The number of aliphatic carboxylic acids is 1. The standard InChI is InChI=1S/C13H16O4S/c1-9(2)10-3-5-11(6-4-10)18(16,17)13(7-8-13)12(14)15/h3-6,9H,7-8H2,1-2H3,(H,14,15). The molecule has 1 fully saturated rings. The molecule has 1 N–H and O–H groups in total. The molecule has 1 aromatic rings. The first-order chi connectivity index (χ1) is 8.31. The van der Waals surface area contributed by atoms with Crippen molar-refractivity contribution >= 4 is 15.8 Å². The van der Waals surface area contributed by atoms with Gasteiger partial charge in [0.05, 0.1) is 4.90 Å². The fraction of sp³-hybridized carbons (Fsp3) is 0.462. The van der Waals surface area contributed by atoms with Crippen LogP contribution in [0.1, 0.15) is 38.2 Å². The first kappa shape index (κ1) is 13.1. The van der Waals surface area contributed by atoms with E-state index in [2.05, 4.69) is 0 Å². The Kier molecular flexibility index (Phi) is 2.97. The van der Waals surface area contributed by atoms with E-state index in [9.17, 15) is 13.2 Å². The van der Waals surface area contributed by atoms with Crippen LogP contribution >= 0.6 is 0 Å². The predicted octanol–water partition coefficient (Wildman–Crippen LogP) is 2.20. The molecule has 2 rings (SSSR count). The minimum absolute atomic E-state index is 0.104. The molecule has 0 amide bonds. The zero-order valence-electron chi connectivity index (χ0n) is 10.4. The molecule has 0 spiro atoms. The lowest BCUT2D eigenvalue weighted by atomic mass is 10.0. The Balaban J connectivity index is 2.40. The number of benzene rings is 1. The van der Waals surface area contributed by atoms with Crippen molar-refractivity contribution in [1.82, 2.24) is 0 Å². The predicted molar refractivity (Wildman–Crippen MR) is 67.3 cm³/mol. The van der Waals surface area contributed by atoms with Crippen LogP contribution in [0.2, 0.25) is 0 Å². The SMILES string of the molecule is CC(C)c1ccc(S(=O)(=O)C2(C(=O)O)CC2)cc1. The topological polar surface area (TPSA) is 71.4 Å². The molecule has 0 atom stereocenters. The molecule has 5 heteroatoms. The quantitative estimate of drug-likeness (QED) is 0.908. The van der Waals surface area contributed by atoms with Crippen molar-refractivity contribution in [1.29, 1.82) is 0 Å². The molecule has 0 heterocycles. The Morgan fingerprint density at radius 2 is 1.72 bits per heavy atom. The molecule has 4 nitrogen and oxygen atoms in total. The minimum Gasteiger partial charge on any atom is -0.480 e. The molecule has 0 aliphatic heterocycles. The highest BCUT2D eigenvalue weighted by Crippen LogP contribution is 2.47. The Morgan fingerprint density at radius 1 is 1.22 bits per heavy atom.